The fourth-order valence-electron chi connectivity index (χ4n) is 1.32. The second-order valence-electron chi connectivity index (χ2n) is 3.19. The molecule has 0 aliphatic carbocycles. The topological polar surface area (TPSA) is 38.0 Å². The van der Waals surface area contributed by atoms with Crippen molar-refractivity contribution in [2.45, 2.75) is 0 Å². The van der Waals surface area contributed by atoms with Crippen LogP contribution in [-0.2, 0) is 0 Å². The summed E-state index contributed by atoms with van der Waals surface area (Å²) in [6, 6.07) is 15.8. The van der Waals surface area contributed by atoms with Crippen LogP contribution in [0.1, 0.15) is 0 Å². The summed E-state index contributed by atoms with van der Waals surface area (Å²) in [6.45, 7) is 0. The van der Waals surface area contributed by atoms with E-state index in [2.05, 4.69) is 21.2 Å². The first-order valence-corrected chi connectivity index (χ1v) is 5.43. The summed E-state index contributed by atoms with van der Waals surface area (Å²) in [5.41, 5.74) is 8.59. The summed E-state index contributed by atoms with van der Waals surface area (Å²) in [7, 11) is 0. The Morgan fingerprint density at radius 3 is 2.40 bits per heavy atom. The Kier molecular flexibility index (Phi) is 2.92. The van der Waals surface area contributed by atoms with Crippen molar-refractivity contribution in [2.24, 2.45) is 0 Å². The van der Waals surface area contributed by atoms with E-state index in [9.17, 15) is 0 Å². The van der Waals surface area contributed by atoms with Gasteiger partial charge in [-0.05, 0) is 40.2 Å². The van der Waals surface area contributed by atoms with Gasteiger partial charge in [-0.15, -0.1) is 0 Å². The molecule has 2 aromatic rings. The molecule has 2 nitrogen and oxygen atoms in total. The van der Waals surface area contributed by atoms with Crippen molar-refractivity contribution < 1.29 is 0 Å². The van der Waals surface area contributed by atoms with Crippen LogP contribution in [0.25, 0.3) is 0 Å². The number of nitrogen functional groups attached to an aromatic ring is 1. The van der Waals surface area contributed by atoms with E-state index in [4.69, 9.17) is 5.73 Å². The standard InChI is InChI=1S/C12H11BrN2/c13-10-7-4-8-11(12(10)14)15-9-5-2-1-3-6-9/h1-8,15H,14H2. The molecule has 15 heavy (non-hydrogen) atoms. The van der Waals surface area contributed by atoms with Crippen LogP contribution < -0.4 is 11.1 Å². The molecule has 0 radical (unpaired) electrons. The number of para-hydroxylation sites is 2. The summed E-state index contributed by atoms with van der Waals surface area (Å²) in [5, 5.41) is 3.26. The van der Waals surface area contributed by atoms with Crippen molar-refractivity contribution >= 4 is 33.0 Å². The number of nitrogens with two attached hydrogens (primary N) is 1. The third-order valence-corrected chi connectivity index (χ3v) is 2.80. The maximum atomic E-state index is 5.92. The zero-order chi connectivity index (χ0) is 10.7. The molecule has 2 aromatic carbocycles. The van der Waals surface area contributed by atoms with Gasteiger partial charge < -0.3 is 11.1 Å². The molecule has 2 rings (SSSR count). The first-order chi connectivity index (χ1) is 7.27. The van der Waals surface area contributed by atoms with Crippen LogP contribution in [0.15, 0.2) is 53.0 Å². The quantitative estimate of drug-likeness (QED) is 0.809. The Morgan fingerprint density at radius 2 is 1.67 bits per heavy atom. The second kappa shape index (κ2) is 4.36. The van der Waals surface area contributed by atoms with Crippen LogP contribution in [0, 0.1) is 0 Å². The zero-order valence-corrected chi connectivity index (χ0v) is 9.66. The number of nitrogens with one attached hydrogen (secondary N) is 1. The largest absolute Gasteiger partial charge is 0.396 e. The third-order valence-electron chi connectivity index (χ3n) is 2.11. The van der Waals surface area contributed by atoms with Gasteiger partial charge in [0.05, 0.1) is 11.4 Å². The third kappa shape index (κ3) is 2.30. The van der Waals surface area contributed by atoms with E-state index in [-0.39, 0.29) is 0 Å². The number of halogens is 1. The van der Waals surface area contributed by atoms with Crippen molar-refractivity contribution in [2.75, 3.05) is 11.1 Å². The molecule has 0 aromatic heterocycles. The van der Waals surface area contributed by atoms with Gasteiger partial charge in [-0.1, -0.05) is 24.3 Å². The molecule has 0 saturated carbocycles. The van der Waals surface area contributed by atoms with E-state index in [0.717, 1.165) is 21.5 Å². The normalized spacial score (nSPS) is 9.93. The van der Waals surface area contributed by atoms with Crippen molar-refractivity contribution in [3.63, 3.8) is 0 Å². The van der Waals surface area contributed by atoms with Crippen LogP contribution >= 0.6 is 15.9 Å². The first-order valence-electron chi connectivity index (χ1n) is 4.63. The molecule has 0 aliphatic rings. The van der Waals surface area contributed by atoms with Crippen LogP contribution in [0.5, 0.6) is 0 Å². The Morgan fingerprint density at radius 1 is 0.933 bits per heavy atom. The summed E-state index contributed by atoms with van der Waals surface area (Å²) < 4.78 is 0.906. The molecule has 3 N–H and O–H groups in total. The van der Waals surface area contributed by atoms with Gasteiger partial charge in [-0.25, -0.2) is 0 Å². The second-order valence-corrected chi connectivity index (χ2v) is 4.05. The minimum Gasteiger partial charge on any atom is -0.396 e. The lowest BCUT2D eigenvalue weighted by molar-refractivity contribution is 1.53. The van der Waals surface area contributed by atoms with Crippen molar-refractivity contribution in [1.29, 1.82) is 0 Å². The molecule has 0 heterocycles. The lowest BCUT2D eigenvalue weighted by atomic mass is 10.2. The average Bonchev–Trinajstić information content (AvgIpc) is 2.26. The fourth-order valence-corrected chi connectivity index (χ4v) is 1.69. The average molecular weight is 263 g/mol. The maximum Gasteiger partial charge on any atom is 0.0697 e. The smallest absolute Gasteiger partial charge is 0.0697 e. The number of hydrogen-bond donors (Lipinski definition) is 2. The van der Waals surface area contributed by atoms with Crippen LogP contribution in [0.4, 0.5) is 17.1 Å². The van der Waals surface area contributed by atoms with E-state index in [0.29, 0.717) is 0 Å². The van der Waals surface area contributed by atoms with Gasteiger partial charge in [-0.2, -0.15) is 0 Å². The van der Waals surface area contributed by atoms with Gasteiger partial charge in [0, 0.05) is 10.2 Å². The van der Waals surface area contributed by atoms with E-state index in [1.54, 1.807) is 0 Å². The number of hydrogen-bond acceptors (Lipinski definition) is 2. The van der Waals surface area contributed by atoms with Crippen LogP contribution in [-0.4, -0.2) is 0 Å². The summed E-state index contributed by atoms with van der Waals surface area (Å²) in [4.78, 5) is 0. The first kappa shape index (κ1) is 10.1. The monoisotopic (exact) mass is 262 g/mol. The molecule has 0 spiro atoms. The Hall–Kier alpha value is -1.48. The van der Waals surface area contributed by atoms with Gasteiger partial charge in [0.2, 0.25) is 0 Å². The molecular weight excluding hydrogens is 252 g/mol. The molecule has 0 atom stereocenters. The predicted molar refractivity (Wildman–Crippen MR) is 68.3 cm³/mol. The molecule has 0 bridgehead atoms. The maximum absolute atomic E-state index is 5.92. The van der Waals surface area contributed by atoms with Gasteiger partial charge >= 0.3 is 0 Å². The highest BCUT2D eigenvalue weighted by atomic mass is 79.9. The highest BCUT2D eigenvalue weighted by molar-refractivity contribution is 9.10. The molecule has 0 saturated heterocycles. The van der Waals surface area contributed by atoms with E-state index < -0.39 is 0 Å². The molecule has 0 aliphatic heterocycles. The van der Waals surface area contributed by atoms with Crippen LogP contribution in [0.2, 0.25) is 0 Å². The van der Waals surface area contributed by atoms with Crippen molar-refractivity contribution in [3.8, 4) is 0 Å². The Bertz CT molecular complexity index is 454. The van der Waals surface area contributed by atoms with Gasteiger partial charge in [0.25, 0.3) is 0 Å². The van der Waals surface area contributed by atoms with Gasteiger partial charge in [0.15, 0.2) is 0 Å². The summed E-state index contributed by atoms with van der Waals surface area (Å²) in [5.74, 6) is 0. The van der Waals surface area contributed by atoms with Crippen molar-refractivity contribution in [1.82, 2.24) is 0 Å². The highest BCUT2D eigenvalue weighted by Crippen LogP contribution is 2.29. The minimum absolute atomic E-state index is 0.723. The van der Waals surface area contributed by atoms with Gasteiger partial charge in [-0.3, -0.25) is 0 Å². The molecule has 0 unspecified atom stereocenters. The number of benzene rings is 2. The van der Waals surface area contributed by atoms with Crippen LogP contribution in [0.3, 0.4) is 0 Å². The predicted octanol–water partition coefficient (Wildman–Crippen LogP) is 3.77. The fraction of sp³-hybridized carbons (Fsp3) is 0. The molecule has 76 valence electrons. The number of rotatable bonds is 2. The van der Waals surface area contributed by atoms with E-state index in [1.807, 2.05) is 48.5 Å². The molecular formula is C12H11BrN2. The molecule has 0 fully saturated rings. The van der Waals surface area contributed by atoms with Gasteiger partial charge in [0.1, 0.15) is 0 Å². The highest BCUT2D eigenvalue weighted by Gasteiger charge is 2.01. The Balaban J connectivity index is 2.29. The summed E-state index contributed by atoms with van der Waals surface area (Å²) in [6.07, 6.45) is 0. The van der Waals surface area contributed by atoms with Crippen molar-refractivity contribution in [3.05, 3.63) is 53.0 Å². The minimum atomic E-state index is 0.723. The molecule has 0 amide bonds. The van der Waals surface area contributed by atoms with E-state index >= 15 is 0 Å². The lowest BCUT2D eigenvalue weighted by Crippen LogP contribution is -1.96. The molecule has 3 heteroatoms. The lowest BCUT2D eigenvalue weighted by Gasteiger charge is -2.09. The Labute approximate surface area is 97.2 Å². The number of anilines is 3. The van der Waals surface area contributed by atoms with E-state index in [1.165, 1.54) is 0 Å². The zero-order valence-electron chi connectivity index (χ0n) is 8.07. The SMILES string of the molecule is Nc1c(Br)cccc1Nc1ccccc1. The summed E-state index contributed by atoms with van der Waals surface area (Å²) >= 11 is 3.39.